The molecule has 7 nitrogen and oxygen atoms in total. The van der Waals surface area contributed by atoms with E-state index < -0.39 is 0 Å². The third kappa shape index (κ3) is 4.00. The fraction of sp³-hybridized carbons (Fsp3) is 0.435. The van der Waals surface area contributed by atoms with Crippen molar-refractivity contribution in [3.63, 3.8) is 0 Å². The van der Waals surface area contributed by atoms with Crippen molar-refractivity contribution >= 4 is 27.0 Å². The van der Waals surface area contributed by atoms with E-state index in [0.717, 1.165) is 60.2 Å². The number of piperidine rings is 1. The second-order valence-corrected chi connectivity index (χ2v) is 9.48. The van der Waals surface area contributed by atoms with Crippen molar-refractivity contribution in [1.29, 1.82) is 0 Å². The Morgan fingerprint density at radius 1 is 1.13 bits per heavy atom. The molecule has 0 aliphatic carbocycles. The summed E-state index contributed by atoms with van der Waals surface area (Å²) < 4.78 is 4.62. The SMILES string of the molecule is Cc1ncc(CNC2CCN(C[C@@H]3Cn4c(=O)ccc5ccc(=O)n3c54)CC2)cc1Br. The smallest absolute Gasteiger partial charge is 0.252 e. The molecule has 5 heterocycles. The second kappa shape index (κ2) is 8.33. The Bertz CT molecular complexity index is 1240. The van der Waals surface area contributed by atoms with Crippen LogP contribution >= 0.6 is 15.9 Å². The summed E-state index contributed by atoms with van der Waals surface area (Å²) in [5.74, 6) is 0. The first-order chi connectivity index (χ1) is 15.0. The molecule has 0 bridgehead atoms. The van der Waals surface area contributed by atoms with Crippen molar-refractivity contribution in [2.45, 2.75) is 44.9 Å². The van der Waals surface area contributed by atoms with Gasteiger partial charge in [0.15, 0.2) is 0 Å². The Labute approximate surface area is 188 Å². The van der Waals surface area contributed by atoms with Gasteiger partial charge in [-0.25, -0.2) is 0 Å². The predicted octanol–water partition coefficient (Wildman–Crippen LogP) is 2.44. The number of nitrogens with zero attached hydrogens (tertiary/aromatic N) is 4. The molecule has 31 heavy (non-hydrogen) atoms. The van der Waals surface area contributed by atoms with Gasteiger partial charge in [-0.1, -0.05) is 0 Å². The zero-order valence-corrected chi connectivity index (χ0v) is 19.1. The zero-order chi connectivity index (χ0) is 21.5. The fourth-order valence-electron chi connectivity index (χ4n) is 4.81. The van der Waals surface area contributed by atoms with E-state index in [4.69, 9.17) is 0 Å². The normalized spacial score (nSPS) is 19.4. The van der Waals surface area contributed by atoms with E-state index in [-0.39, 0.29) is 17.2 Å². The van der Waals surface area contributed by atoms with Crippen LogP contribution in [-0.4, -0.2) is 44.7 Å². The zero-order valence-electron chi connectivity index (χ0n) is 17.6. The van der Waals surface area contributed by atoms with Gasteiger partial charge >= 0.3 is 0 Å². The third-order valence-electron chi connectivity index (χ3n) is 6.55. The van der Waals surface area contributed by atoms with Crippen LogP contribution in [0.1, 0.15) is 30.1 Å². The highest BCUT2D eigenvalue weighted by Crippen LogP contribution is 2.25. The van der Waals surface area contributed by atoms with Crippen LogP contribution in [0.4, 0.5) is 0 Å². The molecule has 2 aliphatic heterocycles. The molecular weight excluding hydrogens is 458 g/mol. The van der Waals surface area contributed by atoms with Crippen LogP contribution in [0.5, 0.6) is 0 Å². The number of pyridine rings is 3. The van der Waals surface area contributed by atoms with E-state index in [2.05, 4.69) is 37.2 Å². The summed E-state index contributed by atoms with van der Waals surface area (Å²) in [6.07, 6.45) is 4.07. The van der Waals surface area contributed by atoms with Crippen LogP contribution in [0.25, 0.3) is 11.0 Å². The number of likely N-dealkylation sites (tertiary alicyclic amines) is 1. The first kappa shape index (κ1) is 20.6. The monoisotopic (exact) mass is 483 g/mol. The summed E-state index contributed by atoms with van der Waals surface area (Å²) in [5.41, 5.74) is 2.89. The molecule has 1 N–H and O–H groups in total. The Balaban J connectivity index is 1.21. The van der Waals surface area contributed by atoms with Gasteiger partial charge in [0.1, 0.15) is 5.65 Å². The van der Waals surface area contributed by atoms with E-state index in [0.29, 0.717) is 12.6 Å². The van der Waals surface area contributed by atoms with Crippen molar-refractivity contribution in [3.8, 4) is 0 Å². The average Bonchev–Trinajstić information content (AvgIpc) is 3.15. The molecule has 2 aliphatic rings. The summed E-state index contributed by atoms with van der Waals surface area (Å²) in [5, 5.41) is 4.60. The maximum Gasteiger partial charge on any atom is 0.252 e. The van der Waals surface area contributed by atoms with Gasteiger partial charge in [-0.15, -0.1) is 0 Å². The molecule has 1 saturated heterocycles. The van der Waals surface area contributed by atoms with Gasteiger partial charge in [0.2, 0.25) is 0 Å². The van der Waals surface area contributed by atoms with Crippen LogP contribution in [0.3, 0.4) is 0 Å². The summed E-state index contributed by atoms with van der Waals surface area (Å²) in [4.78, 5) is 31.8. The summed E-state index contributed by atoms with van der Waals surface area (Å²) >= 11 is 3.55. The van der Waals surface area contributed by atoms with Crippen molar-refractivity contribution in [1.82, 2.24) is 24.3 Å². The lowest BCUT2D eigenvalue weighted by Crippen LogP contribution is -2.44. The molecule has 0 radical (unpaired) electrons. The van der Waals surface area contributed by atoms with Gasteiger partial charge in [0.25, 0.3) is 11.1 Å². The minimum absolute atomic E-state index is 0.00629. The van der Waals surface area contributed by atoms with E-state index >= 15 is 0 Å². The van der Waals surface area contributed by atoms with Gasteiger partial charge in [-0.3, -0.25) is 23.7 Å². The van der Waals surface area contributed by atoms with Crippen molar-refractivity contribution < 1.29 is 0 Å². The van der Waals surface area contributed by atoms with Crippen LogP contribution in [0.15, 0.2) is 50.6 Å². The topological polar surface area (TPSA) is 72.2 Å². The highest BCUT2D eigenvalue weighted by Gasteiger charge is 2.29. The molecule has 0 spiro atoms. The number of hydrogen-bond acceptors (Lipinski definition) is 5. The molecule has 0 aromatic carbocycles. The number of nitrogens with one attached hydrogen (secondary N) is 1. The predicted molar refractivity (Wildman–Crippen MR) is 124 cm³/mol. The lowest BCUT2D eigenvalue weighted by Gasteiger charge is -2.34. The average molecular weight is 484 g/mol. The van der Waals surface area contributed by atoms with Crippen molar-refractivity contribution in [3.05, 3.63) is 73.0 Å². The lowest BCUT2D eigenvalue weighted by atomic mass is 10.0. The van der Waals surface area contributed by atoms with Gasteiger partial charge in [0.05, 0.1) is 11.7 Å². The molecule has 3 aromatic heterocycles. The van der Waals surface area contributed by atoms with E-state index in [1.54, 1.807) is 16.7 Å². The third-order valence-corrected chi connectivity index (χ3v) is 7.35. The van der Waals surface area contributed by atoms with Gasteiger partial charge in [0, 0.05) is 53.9 Å². The molecule has 162 valence electrons. The Morgan fingerprint density at radius 2 is 1.87 bits per heavy atom. The van der Waals surface area contributed by atoms with Crippen LogP contribution in [0.2, 0.25) is 0 Å². The van der Waals surface area contributed by atoms with Gasteiger partial charge < -0.3 is 10.2 Å². The minimum Gasteiger partial charge on any atom is -0.310 e. The molecule has 0 amide bonds. The fourth-order valence-corrected chi connectivity index (χ4v) is 5.21. The summed E-state index contributed by atoms with van der Waals surface area (Å²) in [6, 6.07) is 9.44. The van der Waals surface area contributed by atoms with E-state index in [1.807, 2.05) is 29.8 Å². The Kier molecular flexibility index (Phi) is 5.54. The molecule has 5 rings (SSSR count). The van der Waals surface area contributed by atoms with Crippen molar-refractivity contribution in [2.24, 2.45) is 0 Å². The molecule has 0 saturated carbocycles. The highest BCUT2D eigenvalue weighted by molar-refractivity contribution is 9.10. The summed E-state index contributed by atoms with van der Waals surface area (Å²) in [6.45, 7) is 6.14. The Morgan fingerprint density at radius 3 is 2.61 bits per heavy atom. The largest absolute Gasteiger partial charge is 0.310 e. The minimum atomic E-state index is -0.0329. The second-order valence-electron chi connectivity index (χ2n) is 8.62. The van der Waals surface area contributed by atoms with E-state index in [1.165, 1.54) is 5.56 Å². The van der Waals surface area contributed by atoms with Crippen LogP contribution in [-0.2, 0) is 13.1 Å². The first-order valence-corrected chi connectivity index (χ1v) is 11.6. The molecule has 1 atom stereocenters. The number of rotatable bonds is 5. The first-order valence-electron chi connectivity index (χ1n) is 10.8. The molecule has 8 heteroatoms. The molecule has 3 aromatic rings. The maximum absolute atomic E-state index is 12.6. The van der Waals surface area contributed by atoms with E-state index in [9.17, 15) is 9.59 Å². The standard InChI is InChI=1S/C23H26BrN5O2/c1-15-20(24)10-16(11-25-15)12-26-18-6-8-27(9-7-18)13-19-14-28-21(30)4-2-17-3-5-22(31)29(19)23(17)28/h2-5,10-11,18-19,26H,6-9,12-14H2,1H3/t19-/m1/s1. The summed E-state index contributed by atoms with van der Waals surface area (Å²) in [7, 11) is 0. The molecular formula is C23H26BrN5O2. The van der Waals surface area contributed by atoms with Crippen LogP contribution in [0, 0.1) is 6.92 Å². The highest BCUT2D eigenvalue weighted by atomic mass is 79.9. The Hall–Kier alpha value is -2.29. The molecule has 1 fully saturated rings. The maximum atomic E-state index is 12.6. The number of hydrogen-bond donors (Lipinski definition) is 1. The van der Waals surface area contributed by atoms with Gasteiger partial charge in [-0.2, -0.15) is 0 Å². The molecule has 0 unspecified atom stereocenters. The number of halogens is 1. The quantitative estimate of drug-likeness (QED) is 0.603. The number of aromatic nitrogens is 3. The van der Waals surface area contributed by atoms with Gasteiger partial charge in [-0.05, 0) is 72.5 Å². The lowest BCUT2D eigenvalue weighted by molar-refractivity contribution is 0.171. The van der Waals surface area contributed by atoms with Crippen LogP contribution < -0.4 is 16.4 Å². The number of aryl methyl sites for hydroxylation is 1. The van der Waals surface area contributed by atoms with Crippen molar-refractivity contribution in [2.75, 3.05) is 19.6 Å².